The Kier molecular flexibility index (Phi) is 4.95. The molecule has 11 heteroatoms. The molecular weight excluding hydrogens is 481 g/mol. The first-order valence-corrected chi connectivity index (χ1v) is 9.80. The van der Waals surface area contributed by atoms with Crippen LogP contribution in [0.5, 0.6) is 0 Å². The number of carbonyl (C=O) groups excluding carboxylic acids is 2. The van der Waals surface area contributed by atoms with E-state index in [2.05, 4.69) is 35.5 Å². The molecule has 0 bridgehead atoms. The van der Waals surface area contributed by atoms with Crippen molar-refractivity contribution >= 4 is 27.7 Å². The average molecular weight is 495 g/mol. The first-order chi connectivity index (χ1) is 14.5. The largest absolute Gasteiger partial charge is 0.470 e. The lowest BCUT2D eigenvalue weighted by Gasteiger charge is -2.37. The molecule has 0 unspecified atom stereocenters. The predicted octanol–water partition coefficient (Wildman–Crippen LogP) is 4.37. The van der Waals surface area contributed by atoms with Gasteiger partial charge in [-0.3, -0.25) is 19.5 Å². The molecule has 0 atom stereocenters. The molecule has 0 saturated heterocycles. The Hall–Kier alpha value is -3.08. The van der Waals surface area contributed by atoms with E-state index in [1.54, 1.807) is 32.0 Å². The molecule has 1 aromatic carbocycles. The van der Waals surface area contributed by atoms with Crippen LogP contribution < -0.4 is 0 Å². The summed E-state index contributed by atoms with van der Waals surface area (Å²) in [6, 6.07) is 8.11. The summed E-state index contributed by atoms with van der Waals surface area (Å²) in [5, 5.41) is 6.35. The van der Waals surface area contributed by atoms with Crippen LogP contribution in [-0.4, -0.2) is 31.9 Å². The second-order valence-corrected chi connectivity index (χ2v) is 8.38. The number of benzene rings is 1. The zero-order valence-corrected chi connectivity index (χ0v) is 17.8. The number of hydrogen-bond acceptors (Lipinski definition) is 6. The highest BCUT2D eigenvalue weighted by Crippen LogP contribution is 2.36. The summed E-state index contributed by atoms with van der Waals surface area (Å²) in [6.07, 6.45) is -3.50. The Bertz CT molecular complexity index is 1190. The molecule has 0 spiro atoms. The van der Waals surface area contributed by atoms with E-state index in [0.717, 1.165) is 4.90 Å². The average Bonchev–Trinajstić information content (AvgIpc) is 3.21. The zero-order valence-electron chi connectivity index (χ0n) is 16.2. The zero-order chi connectivity index (χ0) is 22.6. The van der Waals surface area contributed by atoms with Gasteiger partial charge < -0.3 is 4.42 Å². The van der Waals surface area contributed by atoms with Crippen LogP contribution in [0.3, 0.4) is 0 Å². The number of fused-ring (bicyclic) bond motifs is 1. The number of pyridine rings is 1. The van der Waals surface area contributed by atoms with Crippen molar-refractivity contribution in [2.45, 2.75) is 32.0 Å². The van der Waals surface area contributed by atoms with Gasteiger partial charge in [-0.05, 0) is 43.7 Å². The van der Waals surface area contributed by atoms with E-state index >= 15 is 0 Å². The van der Waals surface area contributed by atoms with E-state index in [1.807, 2.05) is 0 Å². The number of alkyl halides is 3. The lowest BCUT2D eigenvalue weighted by atomic mass is 9.77. The minimum absolute atomic E-state index is 0.0923. The lowest BCUT2D eigenvalue weighted by molar-refractivity contribution is -0.157. The Morgan fingerprint density at radius 2 is 1.87 bits per heavy atom. The maximum Gasteiger partial charge on any atom is 0.470 e. The Morgan fingerprint density at radius 1 is 1.13 bits per heavy atom. The molecule has 0 fully saturated rings. The van der Waals surface area contributed by atoms with Crippen LogP contribution in [0.1, 0.15) is 41.4 Å². The molecule has 4 rings (SSSR count). The summed E-state index contributed by atoms with van der Waals surface area (Å²) < 4.78 is 43.2. The molecule has 1 aliphatic rings. The summed E-state index contributed by atoms with van der Waals surface area (Å²) in [7, 11) is 0. The molecule has 0 aliphatic carbocycles. The first kappa shape index (κ1) is 21.2. The number of hydrogen-bond donors (Lipinski definition) is 0. The summed E-state index contributed by atoms with van der Waals surface area (Å²) >= 11 is 3.34. The van der Waals surface area contributed by atoms with Crippen LogP contribution in [0.4, 0.5) is 13.2 Å². The monoisotopic (exact) mass is 494 g/mol. The van der Waals surface area contributed by atoms with Crippen LogP contribution in [0.2, 0.25) is 0 Å². The highest BCUT2D eigenvalue weighted by Gasteiger charge is 2.44. The predicted molar refractivity (Wildman–Crippen MR) is 105 cm³/mol. The number of rotatable bonds is 3. The topological polar surface area (TPSA) is 89.2 Å². The smallest absolute Gasteiger partial charge is 0.413 e. The van der Waals surface area contributed by atoms with Gasteiger partial charge in [-0.1, -0.05) is 22.0 Å². The SMILES string of the molecule is CC1(C)C(=O)N(Cc2ccc(-c3nnc(C(F)(F)F)o3)cn2)C(=O)c2cc(Br)ccc21. The van der Waals surface area contributed by atoms with E-state index in [1.165, 1.54) is 18.3 Å². The lowest BCUT2D eigenvalue weighted by Crippen LogP contribution is -2.51. The van der Waals surface area contributed by atoms with Crippen LogP contribution in [-0.2, 0) is 22.9 Å². The second-order valence-electron chi connectivity index (χ2n) is 7.46. The number of nitrogens with zero attached hydrogens (tertiary/aromatic N) is 4. The van der Waals surface area contributed by atoms with Crippen LogP contribution >= 0.6 is 15.9 Å². The number of halogens is 4. The maximum absolute atomic E-state index is 13.0. The van der Waals surface area contributed by atoms with Crippen molar-refractivity contribution in [3.63, 3.8) is 0 Å². The summed E-state index contributed by atoms with van der Waals surface area (Å²) in [5.74, 6) is -2.61. The van der Waals surface area contributed by atoms with E-state index in [-0.39, 0.29) is 23.9 Å². The standard InChI is InChI=1S/C20H14BrF3N4O3/c1-19(2)14-6-4-11(21)7-13(14)16(29)28(18(19)30)9-12-5-3-10(8-25-12)15-26-27-17(31-15)20(22,23)24/h3-8H,9H2,1-2H3. The van der Waals surface area contributed by atoms with Crippen molar-refractivity contribution in [2.24, 2.45) is 0 Å². The van der Waals surface area contributed by atoms with Gasteiger partial charge in [0, 0.05) is 16.2 Å². The number of amides is 2. The van der Waals surface area contributed by atoms with Gasteiger partial charge in [0.25, 0.3) is 5.91 Å². The molecule has 3 heterocycles. The van der Waals surface area contributed by atoms with Crippen molar-refractivity contribution < 1.29 is 27.2 Å². The fraction of sp³-hybridized carbons (Fsp3) is 0.250. The molecule has 7 nitrogen and oxygen atoms in total. The van der Waals surface area contributed by atoms with Crippen molar-refractivity contribution in [2.75, 3.05) is 0 Å². The quantitative estimate of drug-likeness (QED) is 0.502. The normalized spacial score (nSPS) is 15.9. The highest BCUT2D eigenvalue weighted by molar-refractivity contribution is 9.10. The molecule has 3 aromatic rings. The van der Waals surface area contributed by atoms with Gasteiger partial charge in [-0.2, -0.15) is 13.2 Å². The van der Waals surface area contributed by atoms with Crippen LogP contribution in [0, 0.1) is 0 Å². The van der Waals surface area contributed by atoms with Crippen LogP contribution in [0.15, 0.2) is 45.4 Å². The molecule has 0 saturated carbocycles. The van der Waals surface area contributed by atoms with Gasteiger partial charge in [-0.15, -0.1) is 10.2 Å². The minimum Gasteiger partial charge on any atom is -0.413 e. The van der Waals surface area contributed by atoms with Crippen molar-refractivity contribution in [3.05, 3.63) is 63.7 Å². The molecule has 2 aromatic heterocycles. The van der Waals surface area contributed by atoms with Crippen molar-refractivity contribution in [1.82, 2.24) is 20.1 Å². The van der Waals surface area contributed by atoms with E-state index in [0.29, 0.717) is 21.3 Å². The molecule has 2 amide bonds. The van der Waals surface area contributed by atoms with Gasteiger partial charge in [-0.25, -0.2) is 0 Å². The molecule has 1 aliphatic heterocycles. The third-order valence-electron chi connectivity index (χ3n) is 4.97. The van der Waals surface area contributed by atoms with Gasteiger partial charge >= 0.3 is 12.1 Å². The van der Waals surface area contributed by atoms with Gasteiger partial charge in [0.15, 0.2) is 0 Å². The van der Waals surface area contributed by atoms with E-state index < -0.39 is 23.4 Å². The van der Waals surface area contributed by atoms with Gasteiger partial charge in [0.05, 0.1) is 23.2 Å². The molecular formula is C20H14BrF3N4O3. The van der Waals surface area contributed by atoms with Gasteiger partial charge in [0.1, 0.15) is 0 Å². The molecule has 0 radical (unpaired) electrons. The summed E-state index contributed by atoms with van der Waals surface area (Å²) in [4.78, 5) is 31.3. The molecule has 31 heavy (non-hydrogen) atoms. The molecule has 0 N–H and O–H groups in total. The Labute approximate surface area is 182 Å². The fourth-order valence-electron chi connectivity index (χ4n) is 3.33. The first-order valence-electron chi connectivity index (χ1n) is 9.01. The Morgan fingerprint density at radius 3 is 2.48 bits per heavy atom. The van der Waals surface area contributed by atoms with E-state index in [4.69, 9.17) is 0 Å². The van der Waals surface area contributed by atoms with E-state index in [9.17, 15) is 22.8 Å². The third kappa shape index (κ3) is 3.73. The molecule has 160 valence electrons. The van der Waals surface area contributed by atoms with Crippen molar-refractivity contribution in [1.29, 1.82) is 0 Å². The van der Waals surface area contributed by atoms with Crippen molar-refractivity contribution in [3.8, 4) is 11.5 Å². The number of carbonyl (C=O) groups is 2. The number of aromatic nitrogens is 3. The summed E-state index contributed by atoms with van der Waals surface area (Å²) in [5.41, 5.74) is 0.693. The Balaban J connectivity index is 1.60. The maximum atomic E-state index is 13.0. The second kappa shape index (κ2) is 7.26. The third-order valence-corrected chi connectivity index (χ3v) is 5.46. The fourth-order valence-corrected chi connectivity index (χ4v) is 3.69. The highest BCUT2D eigenvalue weighted by atomic mass is 79.9. The van der Waals surface area contributed by atoms with Crippen LogP contribution in [0.25, 0.3) is 11.5 Å². The summed E-state index contributed by atoms with van der Waals surface area (Å²) in [6.45, 7) is 3.39. The minimum atomic E-state index is -4.74. The number of imide groups is 1. The van der Waals surface area contributed by atoms with Gasteiger partial charge in [0.2, 0.25) is 11.8 Å².